The zero-order valence-electron chi connectivity index (χ0n) is 8.53. The first kappa shape index (κ1) is 11.1. The molecule has 0 aromatic carbocycles. The highest BCUT2D eigenvalue weighted by molar-refractivity contribution is 14.1. The van der Waals surface area contributed by atoms with Crippen molar-refractivity contribution in [2.24, 2.45) is 0 Å². The van der Waals surface area contributed by atoms with Crippen LogP contribution in [0, 0.1) is 0 Å². The third kappa shape index (κ3) is 1.80. The highest BCUT2D eigenvalue weighted by atomic mass is 127. The molecule has 2 saturated heterocycles. The highest BCUT2D eigenvalue weighted by Gasteiger charge is 2.55. The van der Waals surface area contributed by atoms with Crippen molar-refractivity contribution in [2.75, 3.05) is 11.5 Å². The van der Waals surface area contributed by atoms with E-state index in [9.17, 15) is 0 Å². The molecule has 2 aliphatic rings. The van der Waals surface area contributed by atoms with Crippen LogP contribution in [0.5, 0.6) is 0 Å². The van der Waals surface area contributed by atoms with E-state index in [4.69, 9.17) is 18.9 Å². The van der Waals surface area contributed by atoms with Crippen molar-refractivity contribution < 1.29 is 18.9 Å². The first-order chi connectivity index (χ1) is 6.57. The zero-order chi connectivity index (χ0) is 10.3. The molecule has 82 valence electrons. The second-order valence-electron chi connectivity index (χ2n) is 4.00. The van der Waals surface area contributed by atoms with E-state index < -0.39 is 5.79 Å². The second-order valence-corrected chi connectivity index (χ2v) is 4.88. The standard InChI is InChI=1S/C9H15IO4/c1-9(2)13-6-5(4-10)12-8(11-3)7(6)14-9/h5-8H,4H2,1-3H3/t5-,6-,7-,8-/m1/s1. The van der Waals surface area contributed by atoms with Gasteiger partial charge in [-0.2, -0.15) is 0 Å². The predicted octanol–water partition coefficient (Wildman–Crippen LogP) is 1.31. The largest absolute Gasteiger partial charge is 0.353 e. The van der Waals surface area contributed by atoms with Crippen LogP contribution in [-0.4, -0.2) is 41.9 Å². The van der Waals surface area contributed by atoms with Gasteiger partial charge in [-0.25, -0.2) is 0 Å². The summed E-state index contributed by atoms with van der Waals surface area (Å²) in [5.74, 6) is -0.514. The van der Waals surface area contributed by atoms with E-state index in [1.807, 2.05) is 13.8 Å². The van der Waals surface area contributed by atoms with Gasteiger partial charge >= 0.3 is 0 Å². The van der Waals surface area contributed by atoms with Crippen LogP contribution >= 0.6 is 22.6 Å². The van der Waals surface area contributed by atoms with Crippen molar-refractivity contribution in [1.82, 2.24) is 0 Å². The molecule has 0 unspecified atom stereocenters. The Kier molecular flexibility index (Phi) is 3.05. The average molecular weight is 314 g/mol. The number of hydrogen-bond donors (Lipinski definition) is 0. The first-order valence-electron chi connectivity index (χ1n) is 4.67. The van der Waals surface area contributed by atoms with Gasteiger partial charge in [0.1, 0.15) is 12.2 Å². The molecule has 14 heavy (non-hydrogen) atoms. The van der Waals surface area contributed by atoms with E-state index in [0.29, 0.717) is 0 Å². The van der Waals surface area contributed by atoms with Crippen LogP contribution in [0.4, 0.5) is 0 Å². The molecule has 5 heteroatoms. The normalized spacial score (nSPS) is 45.4. The lowest BCUT2D eigenvalue weighted by Gasteiger charge is -2.22. The minimum Gasteiger partial charge on any atom is -0.353 e. The topological polar surface area (TPSA) is 36.9 Å². The second kappa shape index (κ2) is 3.86. The van der Waals surface area contributed by atoms with Gasteiger partial charge in [0.25, 0.3) is 0 Å². The monoisotopic (exact) mass is 314 g/mol. The Labute approximate surface area is 97.4 Å². The number of rotatable bonds is 2. The molecule has 2 fully saturated rings. The Bertz CT molecular complexity index is 201. The van der Waals surface area contributed by atoms with Gasteiger partial charge in [0.2, 0.25) is 0 Å². The lowest BCUT2D eigenvalue weighted by atomic mass is 10.2. The molecule has 2 rings (SSSR count). The quantitative estimate of drug-likeness (QED) is 0.569. The average Bonchev–Trinajstić information content (AvgIpc) is 2.57. The summed E-state index contributed by atoms with van der Waals surface area (Å²) < 4.78 is 23.3. The number of hydrogen-bond acceptors (Lipinski definition) is 4. The molecule has 0 N–H and O–H groups in total. The van der Waals surface area contributed by atoms with Gasteiger partial charge in [-0.3, -0.25) is 0 Å². The first-order valence-corrected chi connectivity index (χ1v) is 6.20. The molecule has 0 spiro atoms. The van der Waals surface area contributed by atoms with Gasteiger partial charge in [0.05, 0.1) is 6.10 Å². The van der Waals surface area contributed by atoms with Gasteiger partial charge in [-0.15, -0.1) is 0 Å². The van der Waals surface area contributed by atoms with E-state index in [1.165, 1.54) is 0 Å². The predicted molar refractivity (Wildman–Crippen MR) is 58.4 cm³/mol. The minimum atomic E-state index is -0.514. The summed E-state index contributed by atoms with van der Waals surface area (Å²) in [6.45, 7) is 3.84. The SMILES string of the molecule is CO[C@@H]1O[C@H](CI)[C@H]2OC(C)(C)O[C@@H]12. The summed E-state index contributed by atoms with van der Waals surface area (Å²) in [6, 6.07) is 0. The van der Waals surface area contributed by atoms with E-state index in [1.54, 1.807) is 7.11 Å². The molecule has 2 aliphatic heterocycles. The number of ether oxygens (including phenoxy) is 4. The lowest BCUT2D eigenvalue weighted by molar-refractivity contribution is -0.223. The molecule has 0 aromatic rings. The Morgan fingerprint density at radius 1 is 1.29 bits per heavy atom. The van der Waals surface area contributed by atoms with Crippen LogP contribution < -0.4 is 0 Å². The maximum atomic E-state index is 5.78. The van der Waals surface area contributed by atoms with Crippen LogP contribution in [0.2, 0.25) is 0 Å². The molecule has 0 aliphatic carbocycles. The highest BCUT2D eigenvalue weighted by Crippen LogP contribution is 2.39. The summed E-state index contributed by atoms with van der Waals surface area (Å²) in [5, 5.41) is 0. The number of alkyl halides is 1. The summed E-state index contributed by atoms with van der Waals surface area (Å²) >= 11 is 2.29. The van der Waals surface area contributed by atoms with E-state index >= 15 is 0 Å². The van der Waals surface area contributed by atoms with Crippen LogP contribution in [0.15, 0.2) is 0 Å². The van der Waals surface area contributed by atoms with Crippen molar-refractivity contribution in [1.29, 1.82) is 0 Å². The van der Waals surface area contributed by atoms with Crippen molar-refractivity contribution in [3.63, 3.8) is 0 Å². The third-order valence-corrected chi connectivity index (χ3v) is 3.36. The third-order valence-electron chi connectivity index (χ3n) is 2.49. The smallest absolute Gasteiger partial charge is 0.186 e. The Hall–Kier alpha value is 0.570. The summed E-state index contributed by atoms with van der Waals surface area (Å²) in [7, 11) is 1.63. The van der Waals surface area contributed by atoms with Gasteiger partial charge in [0.15, 0.2) is 12.1 Å². The molecule has 4 atom stereocenters. The molecule has 2 heterocycles. The van der Waals surface area contributed by atoms with Crippen molar-refractivity contribution in [2.45, 2.75) is 44.2 Å². The van der Waals surface area contributed by atoms with Gasteiger partial charge in [-0.1, -0.05) is 22.6 Å². The molecule has 0 amide bonds. The fraction of sp³-hybridized carbons (Fsp3) is 1.00. The van der Waals surface area contributed by atoms with Crippen LogP contribution in [0.1, 0.15) is 13.8 Å². The molecule has 0 radical (unpaired) electrons. The van der Waals surface area contributed by atoms with Crippen LogP contribution in [-0.2, 0) is 18.9 Å². The number of fused-ring (bicyclic) bond motifs is 1. The maximum Gasteiger partial charge on any atom is 0.186 e. The van der Waals surface area contributed by atoms with Crippen LogP contribution in [0.3, 0.4) is 0 Å². The molecule has 4 nitrogen and oxygen atoms in total. The fourth-order valence-electron chi connectivity index (χ4n) is 1.96. The summed E-state index contributed by atoms with van der Waals surface area (Å²) in [5.41, 5.74) is 0. The molecular formula is C9H15IO4. The van der Waals surface area contributed by atoms with E-state index in [0.717, 1.165) is 4.43 Å². The Balaban J connectivity index is 2.12. The summed E-state index contributed by atoms with van der Waals surface area (Å²) in [4.78, 5) is 0. The van der Waals surface area contributed by atoms with Crippen molar-refractivity contribution in [3.8, 4) is 0 Å². The van der Waals surface area contributed by atoms with Crippen LogP contribution in [0.25, 0.3) is 0 Å². The summed E-state index contributed by atoms with van der Waals surface area (Å²) in [6.07, 6.45) is -0.296. The molecular weight excluding hydrogens is 299 g/mol. The number of methoxy groups -OCH3 is 1. The zero-order valence-corrected chi connectivity index (χ0v) is 10.7. The minimum absolute atomic E-state index is 0.00634. The Morgan fingerprint density at radius 3 is 2.50 bits per heavy atom. The molecule has 0 saturated carbocycles. The van der Waals surface area contributed by atoms with Gasteiger partial charge in [0, 0.05) is 11.5 Å². The van der Waals surface area contributed by atoms with Crippen molar-refractivity contribution >= 4 is 22.6 Å². The maximum absolute atomic E-state index is 5.78. The molecule has 0 bridgehead atoms. The fourth-order valence-corrected chi connectivity index (χ4v) is 2.67. The van der Waals surface area contributed by atoms with E-state index in [2.05, 4.69) is 22.6 Å². The van der Waals surface area contributed by atoms with Gasteiger partial charge in [-0.05, 0) is 13.8 Å². The number of halogens is 1. The molecule has 0 aromatic heterocycles. The Morgan fingerprint density at radius 2 is 1.93 bits per heavy atom. The van der Waals surface area contributed by atoms with E-state index in [-0.39, 0.29) is 24.6 Å². The van der Waals surface area contributed by atoms with Crippen molar-refractivity contribution in [3.05, 3.63) is 0 Å². The van der Waals surface area contributed by atoms with Gasteiger partial charge < -0.3 is 18.9 Å². The lowest BCUT2D eigenvalue weighted by Crippen LogP contribution is -2.30.